The number of rotatable bonds is 2. The Balaban J connectivity index is 2.67. The van der Waals surface area contributed by atoms with Gasteiger partial charge in [-0.2, -0.15) is 0 Å². The van der Waals surface area contributed by atoms with Crippen LogP contribution in [-0.2, 0) is 4.74 Å². The molecule has 1 aromatic heterocycles. The molecule has 0 radical (unpaired) electrons. The number of nitrogen functional groups attached to an aromatic ring is 1. The maximum Gasteiger partial charge on any atom is 0.341 e. The standard InChI is InChI=1S/C13H12ClNO2S/c1-7-10(8-4-3-5-9(14)6-8)11(12(15)18-7)13(16)17-2/h3-6H,15H2,1-2H3. The zero-order chi connectivity index (χ0) is 13.3. The van der Waals surface area contributed by atoms with Gasteiger partial charge in [-0.1, -0.05) is 23.7 Å². The second kappa shape index (κ2) is 5.00. The van der Waals surface area contributed by atoms with Gasteiger partial charge in [0.1, 0.15) is 10.6 Å². The van der Waals surface area contributed by atoms with Gasteiger partial charge in [0.05, 0.1) is 7.11 Å². The number of hydrogen-bond donors (Lipinski definition) is 1. The fourth-order valence-corrected chi connectivity index (χ4v) is 2.99. The van der Waals surface area contributed by atoms with Gasteiger partial charge in [0.25, 0.3) is 0 Å². The molecule has 0 aliphatic heterocycles. The van der Waals surface area contributed by atoms with Crippen molar-refractivity contribution in [3.63, 3.8) is 0 Å². The molecule has 1 aromatic carbocycles. The number of carbonyl (C=O) groups is 1. The first-order chi connectivity index (χ1) is 8.54. The van der Waals surface area contributed by atoms with Crippen molar-refractivity contribution in [1.82, 2.24) is 0 Å². The summed E-state index contributed by atoms with van der Waals surface area (Å²) in [7, 11) is 1.34. The molecule has 0 aliphatic rings. The molecule has 0 unspecified atom stereocenters. The quantitative estimate of drug-likeness (QED) is 0.853. The van der Waals surface area contributed by atoms with Crippen molar-refractivity contribution in [2.24, 2.45) is 0 Å². The maximum absolute atomic E-state index is 11.8. The summed E-state index contributed by atoms with van der Waals surface area (Å²) >= 11 is 7.35. The number of hydrogen-bond acceptors (Lipinski definition) is 4. The van der Waals surface area contributed by atoms with Gasteiger partial charge in [0.15, 0.2) is 0 Å². The Morgan fingerprint density at radius 3 is 2.78 bits per heavy atom. The molecule has 0 amide bonds. The molecular formula is C13H12ClNO2S. The number of esters is 1. The van der Waals surface area contributed by atoms with Crippen LogP contribution in [0.1, 0.15) is 15.2 Å². The van der Waals surface area contributed by atoms with Crippen LogP contribution in [0, 0.1) is 6.92 Å². The third-order valence-electron chi connectivity index (χ3n) is 2.61. The van der Waals surface area contributed by atoms with Gasteiger partial charge in [-0.05, 0) is 24.6 Å². The van der Waals surface area contributed by atoms with Crippen molar-refractivity contribution in [2.75, 3.05) is 12.8 Å². The molecule has 1 heterocycles. The Morgan fingerprint density at radius 1 is 1.44 bits per heavy atom. The zero-order valence-corrected chi connectivity index (χ0v) is 11.6. The van der Waals surface area contributed by atoms with Gasteiger partial charge in [0, 0.05) is 15.5 Å². The number of ether oxygens (including phenoxy) is 1. The van der Waals surface area contributed by atoms with Crippen molar-refractivity contribution in [1.29, 1.82) is 0 Å². The van der Waals surface area contributed by atoms with Gasteiger partial charge in [-0.3, -0.25) is 0 Å². The highest BCUT2D eigenvalue weighted by Gasteiger charge is 2.22. The molecule has 0 spiro atoms. The summed E-state index contributed by atoms with van der Waals surface area (Å²) in [4.78, 5) is 12.8. The van der Waals surface area contributed by atoms with Crippen molar-refractivity contribution in [3.8, 4) is 11.1 Å². The number of halogens is 1. The van der Waals surface area contributed by atoms with Gasteiger partial charge in [-0.25, -0.2) is 4.79 Å². The minimum atomic E-state index is -0.424. The molecule has 0 bridgehead atoms. The van der Waals surface area contributed by atoms with Gasteiger partial charge < -0.3 is 10.5 Å². The fourth-order valence-electron chi connectivity index (χ4n) is 1.86. The lowest BCUT2D eigenvalue weighted by Crippen LogP contribution is -2.04. The molecule has 0 fully saturated rings. The van der Waals surface area contributed by atoms with Crippen LogP contribution in [0.15, 0.2) is 24.3 Å². The van der Waals surface area contributed by atoms with Crippen LogP contribution >= 0.6 is 22.9 Å². The van der Waals surface area contributed by atoms with E-state index >= 15 is 0 Å². The molecule has 2 N–H and O–H groups in total. The number of anilines is 1. The Morgan fingerprint density at radius 2 is 2.17 bits per heavy atom. The number of nitrogens with two attached hydrogens (primary N) is 1. The highest BCUT2D eigenvalue weighted by molar-refractivity contribution is 7.16. The van der Waals surface area contributed by atoms with Crippen LogP contribution in [-0.4, -0.2) is 13.1 Å². The fraction of sp³-hybridized carbons (Fsp3) is 0.154. The molecule has 2 aromatic rings. The Kier molecular flexibility index (Phi) is 3.59. The van der Waals surface area contributed by atoms with Crippen LogP contribution in [0.4, 0.5) is 5.00 Å². The van der Waals surface area contributed by atoms with E-state index in [-0.39, 0.29) is 0 Å². The van der Waals surface area contributed by atoms with E-state index in [1.807, 2.05) is 25.1 Å². The lowest BCUT2D eigenvalue weighted by atomic mass is 10.0. The Bertz CT molecular complexity index is 607. The van der Waals surface area contributed by atoms with Gasteiger partial charge in [-0.15, -0.1) is 11.3 Å². The second-order valence-electron chi connectivity index (χ2n) is 3.77. The first-order valence-corrected chi connectivity index (χ1v) is 6.47. The number of aryl methyl sites for hydroxylation is 1. The summed E-state index contributed by atoms with van der Waals surface area (Å²) in [5.41, 5.74) is 7.96. The largest absolute Gasteiger partial charge is 0.465 e. The minimum Gasteiger partial charge on any atom is -0.465 e. The predicted molar refractivity (Wildman–Crippen MR) is 75.3 cm³/mol. The van der Waals surface area contributed by atoms with E-state index in [4.69, 9.17) is 22.1 Å². The average molecular weight is 282 g/mol. The van der Waals surface area contributed by atoms with Gasteiger partial charge >= 0.3 is 5.97 Å². The molecule has 3 nitrogen and oxygen atoms in total. The third kappa shape index (κ3) is 2.21. The molecule has 94 valence electrons. The summed E-state index contributed by atoms with van der Waals surface area (Å²) in [5, 5.41) is 1.09. The minimum absolute atomic E-state index is 0.419. The molecule has 5 heteroatoms. The maximum atomic E-state index is 11.8. The van der Waals surface area contributed by atoms with Crippen molar-refractivity contribution in [3.05, 3.63) is 39.7 Å². The number of benzene rings is 1. The zero-order valence-electron chi connectivity index (χ0n) is 9.99. The Labute approximate surface area is 114 Å². The van der Waals surface area contributed by atoms with Crippen LogP contribution in [0.25, 0.3) is 11.1 Å². The van der Waals surface area contributed by atoms with Crippen LogP contribution in [0.5, 0.6) is 0 Å². The summed E-state index contributed by atoms with van der Waals surface area (Å²) < 4.78 is 4.78. The number of thiophene rings is 1. The number of methoxy groups -OCH3 is 1. The summed E-state index contributed by atoms with van der Waals surface area (Å²) in [6.07, 6.45) is 0. The lowest BCUT2D eigenvalue weighted by Gasteiger charge is -2.05. The van der Waals surface area contributed by atoms with E-state index in [1.54, 1.807) is 6.07 Å². The van der Waals surface area contributed by atoms with E-state index in [1.165, 1.54) is 18.4 Å². The monoisotopic (exact) mass is 281 g/mol. The molecular weight excluding hydrogens is 270 g/mol. The molecule has 18 heavy (non-hydrogen) atoms. The highest BCUT2D eigenvalue weighted by atomic mass is 35.5. The summed E-state index contributed by atoms with van der Waals surface area (Å²) in [6.45, 7) is 1.92. The molecule has 2 rings (SSSR count). The summed E-state index contributed by atoms with van der Waals surface area (Å²) in [6, 6.07) is 7.33. The van der Waals surface area contributed by atoms with Crippen molar-refractivity contribution < 1.29 is 9.53 Å². The highest BCUT2D eigenvalue weighted by Crippen LogP contribution is 2.39. The van der Waals surface area contributed by atoms with Crippen LogP contribution in [0.3, 0.4) is 0 Å². The molecule has 0 saturated carbocycles. The topological polar surface area (TPSA) is 52.3 Å². The third-order valence-corrected chi connectivity index (χ3v) is 3.78. The van der Waals surface area contributed by atoms with Crippen molar-refractivity contribution >= 4 is 33.9 Å². The molecule has 0 atom stereocenters. The smallest absolute Gasteiger partial charge is 0.341 e. The SMILES string of the molecule is COC(=O)c1c(N)sc(C)c1-c1cccc(Cl)c1. The molecule has 0 aliphatic carbocycles. The average Bonchev–Trinajstić information content (AvgIpc) is 2.63. The Hall–Kier alpha value is -1.52. The van der Waals surface area contributed by atoms with Gasteiger partial charge in [0.2, 0.25) is 0 Å². The van der Waals surface area contributed by atoms with E-state index < -0.39 is 5.97 Å². The number of carbonyl (C=O) groups excluding carboxylic acids is 1. The lowest BCUT2D eigenvalue weighted by molar-refractivity contribution is 0.0603. The second-order valence-corrected chi connectivity index (χ2v) is 5.47. The summed E-state index contributed by atoms with van der Waals surface area (Å²) in [5.74, 6) is -0.424. The van der Waals surface area contributed by atoms with E-state index in [0.717, 1.165) is 16.0 Å². The molecule has 0 saturated heterocycles. The van der Waals surface area contributed by atoms with Crippen LogP contribution in [0.2, 0.25) is 5.02 Å². The van der Waals surface area contributed by atoms with Crippen molar-refractivity contribution in [2.45, 2.75) is 6.92 Å². The first-order valence-electron chi connectivity index (χ1n) is 5.27. The predicted octanol–water partition coefficient (Wildman–Crippen LogP) is 3.75. The van der Waals surface area contributed by atoms with E-state index in [9.17, 15) is 4.79 Å². The van der Waals surface area contributed by atoms with E-state index in [2.05, 4.69) is 0 Å². The van der Waals surface area contributed by atoms with Crippen LogP contribution < -0.4 is 5.73 Å². The van der Waals surface area contributed by atoms with E-state index in [0.29, 0.717) is 15.6 Å². The normalized spacial score (nSPS) is 10.4. The first kappa shape index (κ1) is 12.9.